The van der Waals surface area contributed by atoms with Gasteiger partial charge in [-0.2, -0.15) is 5.26 Å². The first-order valence-corrected chi connectivity index (χ1v) is 5.84. The first-order valence-electron chi connectivity index (χ1n) is 6.59. The van der Waals surface area contributed by atoms with E-state index in [1.807, 2.05) is 6.07 Å². The molecule has 0 aliphatic rings. The number of hydrogen-bond acceptors (Lipinski definition) is 2. The summed E-state index contributed by atoms with van der Waals surface area (Å²) in [7, 11) is 0. The van der Waals surface area contributed by atoms with Crippen molar-refractivity contribution in [3.05, 3.63) is 63.1 Å². The molecule has 0 aliphatic carbocycles. The SMILES string of the molecule is [2H]c1c(Cl)c([2H])c(Cc2ccc(C#N)cc2N)c([2H])c1Cl. The van der Waals surface area contributed by atoms with E-state index in [9.17, 15) is 0 Å². The van der Waals surface area contributed by atoms with Gasteiger partial charge >= 0.3 is 0 Å². The van der Waals surface area contributed by atoms with Gasteiger partial charge in [-0.05, 0) is 47.8 Å². The summed E-state index contributed by atoms with van der Waals surface area (Å²) in [6.45, 7) is 0. The van der Waals surface area contributed by atoms with Crippen molar-refractivity contribution in [2.45, 2.75) is 6.42 Å². The Morgan fingerprint density at radius 3 is 2.44 bits per heavy atom. The van der Waals surface area contributed by atoms with E-state index in [-0.39, 0.29) is 34.6 Å². The van der Waals surface area contributed by atoms with E-state index in [2.05, 4.69) is 0 Å². The fourth-order valence-corrected chi connectivity index (χ4v) is 2.02. The van der Waals surface area contributed by atoms with Crippen molar-refractivity contribution in [2.24, 2.45) is 0 Å². The summed E-state index contributed by atoms with van der Waals surface area (Å²) in [6.07, 6.45) is 0.189. The molecule has 2 rings (SSSR count). The van der Waals surface area contributed by atoms with Gasteiger partial charge in [-0.1, -0.05) is 29.3 Å². The van der Waals surface area contributed by atoms with Crippen LogP contribution in [0.5, 0.6) is 0 Å². The fourth-order valence-electron chi connectivity index (χ4n) is 1.56. The Bertz CT molecular complexity index is 741. The molecule has 0 unspecified atom stereocenters. The molecule has 4 heteroatoms. The minimum absolute atomic E-state index is 0.0850. The van der Waals surface area contributed by atoms with Crippen LogP contribution in [0, 0.1) is 11.3 Å². The maximum Gasteiger partial charge on any atom is 0.0992 e. The van der Waals surface area contributed by atoms with E-state index in [0.29, 0.717) is 22.4 Å². The molecule has 2 nitrogen and oxygen atoms in total. The number of nitrogen functional groups attached to an aromatic ring is 1. The minimum Gasteiger partial charge on any atom is -0.398 e. The molecule has 0 fully saturated rings. The second-order valence-electron chi connectivity index (χ2n) is 3.68. The summed E-state index contributed by atoms with van der Waals surface area (Å²) < 4.78 is 23.5. The largest absolute Gasteiger partial charge is 0.398 e. The molecule has 18 heavy (non-hydrogen) atoms. The highest BCUT2D eigenvalue weighted by Gasteiger charge is 2.04. The van der Waals surface area contributed by atoms with Gasteiger partial charge in [0.1, 0.15) is 0 Å². The molecule has 90 valence electrons. The van der Waals surface area contributed by atoms with Gasteiger partial charge in [0.15, 0.2) is 0 Å². The Kier molecular flexibility index (Phi) is 2.73. The number of nitrogens with two attached hydrogens (primary N) is 1. The highest BCUT2D eigenvalue weighted by Crippen LogP contribution is 2.23. The van der Waals surface area contributed by atoms with Gasteiger partial charge in [0, 0.05) is 15.7 Å². The number of nitrogens with zero attached hydrogens (tertiary/aromatic N) is 1. The third-order valence-corrected chi connectivity index (χ3v) is 2.76. The number of anilines is 1. The molecule has 2 aromatic rings. The van der Waals surface area contributed by atoms with Crippen molar-refractivity contribution >= 4 is 28.9 Å². The molecular formula is C14H10Cl2N2. The Balaban J connectivity index is 2.53. The Morgan fingerprint density at radius 2 is 1.89 bits per heavy atom. The smallest absolute Gasteiger partial charge is 0.0992 e. The van der Waals surface area contributed by atoms with Crippen LogP contribution in [0.15, 0.2) is 36.3 Å². The monoisotopic (exact) mass is 279 g/mol. The zero-order valence-corrected chi connectivity index (χ0v) is 10.7. The zero-order valence-electron chi connectivity index (χ0n) is 12.2. The van der Waals surface area contributed by atoms with E-state index in [1.54, 1.807) is 12.1 Å². The summed E-state index contributed by atoms with van der Waals surface area (Å²) >= 11 is 11.8. The van der Waals surface area contributed by atoms with Crippen LogP contribution in [0.3, 0.4) is 0 Å². The molecule has 0 spiro atoms. The molecule has 0 aromatic heterocycles. The predicted octanol–water partition coefficient (Wildman–Crippen LogP) is 4.04. The van der Waals surface area contributed by atoms with Crippen molar-refractivity contribution in [2.75, 3.05) is 5.73 Å². The number of halogens is 2. The second kappa shape index (κ2) is 5.30. The summed E-state index contributed by atoms with van der Waals surface area (Å²) in [4.78, 5) is 0. The molecule has 0 atom stereocenters. The van der Waals surface area contributed by atoms with Gasteiger partial charge < -0.3 is 5.73 Å². The lowest BCUT2D eigenvalue weighted by Gasteiger charge is -2.07. The summed E-state index contributed by atoms with van der Waals surface area (Å²) in [5.41, 5.74) is 7.68. The molecular weight excluding hydrogens is 267 g/mol. The molecule has 0 heterocycles. The molecule has 0 bridgehead atoms. The maximum absolute atomic E-state index is 8.81. The van der Waals surface area contributed by atoms with Crippen LogP contribution in [0.4, 0.5) is 5.69 Å². The molecule has 2 N–H and O–H groups in total. The van der Waals surface area contributed by atoms with Crippen LogP contribution < -0.4 is 5.73 Å². The fraction of sp³-hybridized carbons (Fsp3) is 0.0714. The van der Waals surface area contributed by atoms with Gasteiger partial charge in [-0.15, -0.1) is 0 Å². The van der Waals surface area contributed by atoms with Crippen LogP contribution in [0.25, 0.3) is 0 Å². The Morgan fingerprint density at radius 1 is 1.22 bits per heavy atom. The van der Waals surface area contributed by atoms with E-state index >= 15 is 0 Å². The van der Waals surface area contributed by atoms with E-state index in [4.69, 9.17) is 38.3 Å². The summed E-state index contributed by atoms with van der Waals surface area (Å²) in [5, 5.41) is 8.64. The van der Waals surface area contributed by atoms with Crippen LogP contribution >= 0.6 is 23.2 Å². The van der Waals surface area contributed by atoms with Crippen molar-refractivity contribution in [3.8, 4) is 6.07 Å². The van der Waals surface area contributed by atoms with Gasteiger partial charge in [0.25, 0.3) is 0 Å². The standard InChI is InChI=1S/C14H10Cl2N2/c15-12-4-10(5-13(16)7-12)3-11-2-1-9(8-17)6-14(11)18/h1-2,4-7H,3,18H2/i4D,5D,7D. The summed E-state index contributed by atoms with van der Waals surface area (Å²) in [6, 6.07) is 6.39. The number of hydrogen-bond donors (Lipinski definition) is 1. The first-order chi connectivity index (χ1) is 9.86. The van der Waals surface area contributed by atoms with E-state index < -0.39 is 0 Å². The maximum atomic E-state index is 8.81. The first kappa shape index (κ1) is 9.27. The van der Waals surface area contributed by atoms with Crippen molar-refractivity contribution in [1.82, 2.24) is 0 Å². The Labute approximate surface area is 120 Å². The van der Waals surface area contributed by atoms with Crippen LogP contribution in [-0.2, 0) is 6.42 Å². The second-order valence-corrected chi connectivity index (χ2v) is 4.44. The normalized spacial score (nSPS) is 12.4. The van der Waals surface area contributed by atoms with Gasteiger partial charge in [0.05, 0.1) is 15.7 Å². The third-order valence-electron chi connectivity index (χ3n) is 2.38. The molecule has 0 amide bonds. The number of benzene rings is 2. The van der Waals surface area contributed by atoms with Crippen LogP contribution in [0.1, 0.15) is 20.8 Å². The lowest BCUT2D eigenvalue weighted by molar-refractivity contribution is 1.19. The van der Waals surface area contributed by atoms with Gasteiger partial charge in [-0.3, -0.25) is 0 Å². The molecule has 0 saturated carbocycles. The third kappa shape index (κ3) is 2.95. The van der Waals surface area contributed by atoms with Crippen molar-refractivity contribution in [1.29, 1.82) is 5.26 Å². The lowest BCUT2D eigenvalue weighted by atomic mass is 10.0. The van der Waals surface area contributed by atoms with E-state index in [0.717, 1.165) is 0 Å². The molecule has 0 aliphatic heterocycles. The zero-order chi connectivity index (χ0) is 15.7. The van der Waals surface area contributed by atoms with Crippen molar-refractivity contribution in [3.63, 3.8) is 0 Å². The quantitative estimate of drug-likeness (QED) is 0.844. The Hall–Kier alpha value is -1.69. The number of rotatable bonds is 2. The van der Waals surface area contributed by atoms with Gasteiger partial charge in [0.2, 0.25) is 0 Å². The molecule has 0 radical (unpaired) electrons. The van der Waals surface area contributed by atoms with E-state index in [1.165, 1.54) is 6.07 Å². The average molecular weight is 280 g/mol. The van der Waals surface area contributed by atoms with Gasteiger partial charge in [-0.25, -0.2) is 0 Å². The predicted molar refractivity (Wildman–Crippen MR) is 74.8 cm³/mol. The molecule has 0 saturated heterocycles. The van der Waals surface area contributed by atoms with Crippen LogP contribution in [-0.4, -0.2) is 0 Å². The highest BCUT2D eigenvalue weighted by molar-refractivity contribution is 6.34. The lowest BCUT2D eigenvalue weighted by Crippen LogP contribution is -1.96. The topological polar surface area (TPSA) is 49.8 Å². The minimum atomic E-state index is -0.218. The average Bonchev–Trinajstić information content (AvgIpc) is 2.48. The molecule has 2 aromatic carbocycles. The van der Waals surface area contributed by atoms with Crippen LogP contribution in [0.2, 0.25) is 10.0 Å². The number of nitriles is 1. The summed E-state index contributed by atoms with van der Waals surface area (Å²) in [5.74, 6) is 0. The van der Waals surface area contributed by atoms with Crippen molar-refractivity contribution < 1.29 is 4.11 Å². The highest BCUT2D eigenvalue weighted by atomic mass is 35.5.